The molecule has 0 atom stereocenters. The van der Waals surface area contributed by atoms with E-state index in [0.29, 0.717) is 24.7 Å². The van der Waals surface area contributed by atoms with Gasteiger partial charge < -0.3 is 15.5 Å². The van der Waals surface area contributed by atoms with Crippen molar-refractivity contribution in [3.8, 4) is 0 Å². The third kappa shape index (κ3) is 4.21. The molecule has 0 bridgehead atoms. The molecule has 2 N–H and O–H groups in total. The van der Waals surface area contributed by atoms with E-state index >= 15 is 0 Å². The second-order valence-electron chi connectivity index (χ2n) is 4.71. The molecule has 2 rings (SSSR count). The number of rotatable bonds is 2. The van der Waals surface area contributed by atoms with Crippen molar-refractivity contribution in [1.82, 2.24) is 15.5 Å². The molecule has 1 fully saturated rings. The predicted molar refractivity (Wildman–Crippen MR) is 77.4 cm³/mol. The lowest BCUT2D eigenvalue weighted by molar-refractivity contribution is -0.145. The van der Waals surface area contributed by atoms with Gasteiger partial charge in [0.1, 0.15) is 0 Å². The van der Waals surface area contributed by atoms with Crippen LogP contribution in [0.2, 0.25) is 5.02 Å². The first-order valence-electron chi connectivity index (χ1n) is 6.69. The number of benzene rings is 1. The van der Waals surface area contributed by atoms with Gasteiger partial charge in [-0.2, -0.15) is 0 Å². The number of nitrogens with one attached hydrogen (secondary N) is 2. The lowest BCUT2D eigenvalue weighted by Crippen LogP contribution is -2.44. The van der Waals surface area contributed by atoms with Crippen LogP contribution in [0, 0.1) is 0 Å². The number of carbonyl (C=O) groups is 2. The van der Waals surface area contributed by atoms with Crippen LogP contribution in [0.4, 0.5) is 0 Å². The van der Waals surface area contributed by atoms with Gasteiger partial charge in [0.25, 0.3) is 0 Å². The number of halogens is 1. The standard InChI is InChI=1S/C14H18ClN3O2/c15-12-4-1-3-11(9-12)10-17-13(19)14(20)18-7-2-5-16-6-8-18/h1,3-4,9,16H,2,5-8,10H2,(H,17,19). The molecule has 1 aromatic rings. The Bertz CT molecular complexity index is 485. The second-order valence-corrected chi connectivity index (χ2v) is 5.14. The Morgan fingerprint density at radius 3 is 2.95 bits per heavy atom. The van der Waals surface area contributed by atoms with Crippen LogP contribution in [0.3, 0.4) is 0 Å². The highest BCUT2D eigenvalue weighted by atomic mass is 35.5. The molecule has 5 nitrogen and oxygen atoms in total. The van der Waals surface area contributed by atoms with E-state index in [1.165, 1.54) is 0 Å². The average Bonchev–Trinajstić information content (AvgIpc) is 2.73. The van der Waals surface area contributed by atoms with Crippen LogP contribution < -0.4 is 10.6 Å². The highest BCUT2D eigenvalue weighted by Crippen LogP contribution is 2.10. The maximum atomic E-state index is 12.0. The molecule has 1 aliphatic heterocycles. The zero-order valence-electron chi connectivity index (χ0n) is 11.2. The molecule has 0 aliphatic carbocycles. The van der Waals surface area contributed by atoms with Gasteiger partial charge in [-0.15, -0.1) is 0 Å². The van der Waals surface area contributed by atoms with E-state index in [0.717, 1.165) is 25.1 Å². The van der Waals surface area contributed by atoms with Gasteiger partial charge in [-0.25, -0.2) is 0 Å². The molecule has 20 heavy (non-hydrogen) atoms. The van der Waals surface area contributed by atoms with Crippen LogP contribution in [0.5, 0.6) is 0 Å². The van der Waals surface area contributed by atoms with Gasteiger partial charge >= 0.3 is 11.8 Å². The summed E-state index contributed by atoms with van der Waals surface area (Å²) in [5.41, 5.74) is 0.871. The van der Waals surface area contributed by atoms with Crippen LogP contribution in [-0.4, -0.2) is 42.9 Å². The summed E-state index contributed by atoms with van der Waals surface area (Å²) in [6.07, 6.45) is 0.868. The minimum absolute atomic E-state index is 0.303. The first kappa shape index (κ1) is 14.8. The molecule has 0 radical (unpaired) electrons. The van der Waals surface area contributed by atoms with Crippen molar-refractivity contribution in [2.24, 2.45) is 0 Å². The van der Waals surface area contributed by atoms with E-state index in [1.54, 1.807) is 17.0 Å². The number of amides is 2. The summed E-state index contributed by atoms with van der Waals surface area (Å²) in [5, 5.41) is 6.44. The van der Waals surface area contributed by atoms with E-state index in [1.807, 2.05) is 12.1 Å². The SMILES string of the molecule is O=C(NCc1cccc(Cl)c1)C(=O)N1CCCNCC1. The number of nitrogens with zero attached hydrogens (tertiary/aromatic N) is 1. The Kier molecular flexibility index (Phi) is 5.38. The molecule has 1 aliphatic rings. The van der Waals surface area contributed by atoms with Gasteiger partial charge in [-0.1, -0.05) is 23.7 Å². The molecular formula is C14H18ClN3O2. The van der Waals surface area contributed by atoms with Crippen molar-refractivity contribution < 1.29 is 9.59 Å². The lowest BCUT2D eigenvalue weighted by Gasteiger charge is -2.19. The summed E-state index contributed by atoms with van der Waals surface area (Å²) in [4.78, 5) is 25.4. The maximum absolute atomic E-state index is 12.0. The topological polar surface area (TPSA) is 61.4 Å². The van der Waals surface area contributed by atoms with Crippen molar-refractivity contribution in [2.45, 2.75) is 13.0 Å². The number of hydrogen-bond acceptors (Lipinski definition) is 3. The fourth-order valence-corrected chi connectivity index (χ4v) is 2.31. The van der Waals surface area contributed by atoms with Gasteiger partial charge in [0.15, 0.2) is 0 Å². The quantitative estimate of drug-likeness (QED) is 0.793. The van der Waals surface area contributed by atoms with Gasteiger partial charge in [0, 0.05) is 31.2 Å². The normalized spacial score (nSPS) is 15.6. The molecule has 2 amide bonds. The van der Waals surface area contributed by atoms with E-state index in [4.69, 9.17) is 11.6 Å². The van der Waals surface area contributed by atoms with Crippen molar-refractivity contribution in [2.75, 3.05) is 26.2 Å². The van der Waals surface area contributed by atoms with Crippen molar-refractivity contribution in [3.63, 3.8) is 0 Å². The molecule has 1 saturated heterocycles. The van der Waals surface area contributed by atoms with Crippen molar-refractivity contribution in [3.05, 3.63) is 34.9 Å². The fourth-order valence-electron chi connectivity index (χ4n) is 2.10. The molecule has 0 aromatic heterocycles. The molecular weight excluding hydrogens is 278 g/mol. The predicted octanol–water partition coefficient (Wildman–Crippen LogP) is 0.778. The number of carbonyl (C=O) groups excluding carboxylic acids is 2. The summed E-state index contributed by atoms with van der Waals surface area (Å²) >= 11 is 5.87. The Morgan fingerprint density at radius 2 is 2.15 bits per heavy atom. The van der Waals surface area contributed by atoms with Crippen LogP contribution in [0.25, 0.3) is 0 Å². The van der Waals surface area contributed by atoms with E-state index < -0.39 is 11.8 Å². The zero-order valence-corrected chi connectivity index (χ0v) is 11.9. The van der Waals surface area contributed by atoms with E-state index in [9.17, 15) is 9.59 Å². The molecule has 0 unspecified atom stereocenters. The molecule has 0 spiro atoms. The Hall–Kier alpha value is -1.59. The Morgan fingerprint density at radius 1 is 1.30 bits per heavy atom. The minimum Gasteiger partial charge on any atom is -0.344 e. The highest BCUT2D eigenvalue weighted by Gasteiger charge is 2.21. The summed E-state index contributed by atoms with van der Waals surface area (Å²) in [5.74, 6) is -1.03. The maximum Gasteiger partial charge on any atom is 0.311 e. The van der Waals surface area contributed by atoms with Gasteiger partial charge in [0.2, 0.25) is 0 Å². The van der Waals surface area contributed by atoms with Crippen LogP contribution >= 0.6 is 11.6 Å². The van der Waals surface area contributed by atoms with Crippen molar-refractivity contribution in [1.29, 1.82) is 0 Å². The van der Waals surface area contributed by atoms with Crippen LogP contribution in [-0.2, 0) is 16.1 Å². The van der Waals surface area contributed by atoms with Gasteiger partial charge in [-0.05, 0) is 30.7 Å². The molecule has 0 saturated carbocycles. The zero-order chi connectivity index (χ0) is 14.4. The third-order valence-corrected chi connectivity index (χ3v) is 3.40. The smallest absolute Gasteiger partial charge is 0.311 e. The minimum atomic E-state index is -0.563. The highest BCUT2D eigenvalue weighted by molar-refractivity contribution is 6.35. The third-order valence-electron chi connectivity index (χ3n) is 3.16. The monoisotopic (exact) mass is 295 g/mol. The molecule has 6 heteroatoms. The first-order chi connectivity index (χ1) is 9.66. The molecule has 1 aromatic carbocycles. The summed E-state index contributed by atoms with van der Waals surface area (Å²) < 4.78 is 0. The summed E-state index contributed by atoms with van der Waals surface area (Å²) in [6, 6.07) is 7.20. The number of hydrogen-bond donors (Lipinski definition) is 2. The molecule has 108 valence electrons. The lowest BCUT2D eigenvalue weighted by atomic mass is 10.2. The summed E-state index contributed by atoms with van der Waals surface area (Å²) in [6.45, 7) is 3.11. The van der Waals surface area contributed by atoms with Crippen LogP contribution in [0.15, 0.2) is 24.3 Å². The Balaban J connectivity index is 1.86. The van der Waals surface area contributed by atoms with E-state index in [2.05, 4.69) is 10.6 Å². The Labute approximate surface area is 123 Å². The summed E-state index contributed by atoms with van der Waals surface area (Å²) in [7, 11) is 0. The fraction of sp³-hybridized carbons (Fsp3) is 0.429. The van der Waals surface area contributed by atoms with E-state index in [-0.39, 0.29) is 0 Å². The first-order valence-corrected chi connectivity index (χ1v) is 7.07. The van der Waals surface area contributed by atoms with Gasteiger partial charge in [-0.3, -0.25) is 9.59 Å². The second kappa shape index (κ2) is 7.26. The van der Waals surface area contributed by atoms with Gasteiger partial charge in [0.05, 0.1) is 0 Å². The molecule has 1 heterocycles. The largest absolute Gasteiger partial charge is 0.344 e. The van der Waals surface area contributed by atoms with Crippen molar-refractivity contribution >= 4 is 23.4 Å². The van der Waals surface area contributed by atoms with Crippen LogP contribution in [0.1, 0.15) is 12.0 Å². The average molecular weight is 296 g/mol.